The zero-order chi connectivity index (χ0) is 15.5. The predicted molar refractivity (Wildman–Crippen MR) is 80.1 cm³/mol. The number of hydrogen-bond acceptors (Lipinski definition) is 4. The monoisotopic (exact) mass is 311 g/mol. The van der Waals surface area contributed by atoms with Gasteiger partial charge in [-0.05, 0) is 19.5 Å². The molecule has 0 aliphatic rings. The second-order valence-corrected chi connectivity index (χ2v) is 6.65. The minimum atomic E-state index is -3.55. The Hall–Kier alpha value is -1.64. The molecule has 21 heavy (non-hydrogen) atoms. The first-order valence-corrected chi connectivity index (χ1v) is 8.29. The van der Waals surface area contributed by atoms with E-state index in [4.69, 9.17) is 0 Å². The summed E-state index contributed by atoms with van der Waals surface area (Å²) in [4.78, 5) is 0.272. The van der Waals surface area contributed by atoms with Gasteiger partial charge in [0.2, 0.25) is 10.0 Å². The number of aromatic nitrogens is 3. The Balaban J connectivity index is 2.16. The van der Waals surface area contributed by atoms with Gasteiger partial charge in [-0.2, -0.15) is 5.10 Å². The number of hydrogen-bond donors (Lipinski definition) is 3. The molecule has 0 aromatic carbocycles. The number of H-pyrrole nitrogens is 1. The molecular weight excluding hydrogens is 290 g/mol. The first kappa shape index (κ1) is 15.7. The van der Waals surface area contributed by atoms with E-state index in [2.05, 4.69) is 20.2 Å². The van der Waals surface area contributed by atoms with Gasteiger partial charge in [-0.1, -0.05) is 6.92 Å². The van der Waals surface area contributed by atoms with Crippen molar-refractivity contribution in [3.63, 3.8) is 0 Å². The van der Waals surface area contributed by atoms with Crippen molar-refractivity contribution < 1.29 is 8.42 Å². The maximum Gasteiger partial charge on any atom is 0.242 e. The number of rotatable bonds is 7. The van der Waals surface area contributed by atoms with Crippen LogP contribution in [-0.2, 0) is 23.6 Å². The van der Waals surface area contributed by atoms with Crippen LogP contribution >= 0.6 is 0 Å². The molecule has 2 aromatic rings. The minimum absolute atomic E-state index is 0.272. The average molecular weight is 311 g/mol. The van der Waals surface area contributed by atoms with Gasteiger partial charge in [0.05, 0.1) is 11.1 Å². The summed E-state index contributed by atoms with van der Waals surface area (Å²) in [6, 6.07) is 1.35. The van der Waals surface area contributed by atoms with Crippen LogP contribution in [0.2, 0.25) is 0 Å². The fraction of sp³-hybridized carbons (Fsp3) is 0.462. The molecule has 0 bridgehead atoms. The molecule has 0 spiro atoms. The van der Waals surface area contributed by atoms with E-state index in [0.29, 0.717) is 6.54 Å². The second kappa shape index (κ2) is 6.42. The summed E-state index contributed by atoms with van der Waals surface area (Å²) in [7, 11) is -1.71. The Bertz CT molecular complexity index is 675. The van der Waals surface area contributed by atoms with E-state index in [9.17, 15) is 8.42 Å². The third-order valence-corrected chi connectivity index (χ3v) is 4.81. The summed E-state index contributed by atoms with van der Waals surface area (Å²) in [5, 5.41) is 9.69. The molecule has 0 aliphatic heterocycles. The number of aryl methyl sites for hydroxylation is 1. The van der Waals surface area contributed by atoms with Crippen LogP contribution in [0.5, 0.6) is 0 Å². The van der Waals surface area contributed by atoms with Crippen LogP contribution in [-0.4, -0.2) is 29.7 Å². The fourth-order valence-electron chi connectivity index (χ4n) is 2.02. The lowest BCUT2D eigenvalue weighted by molar-refractivity contribution is 0.567. The summed E-state index contributed by atoms with van der Waals surface area (Å²) in [6.45, 7) is 5.27. The van der Waals surface area contributed by atoms with Crippen LogP contribution in [0.1, 0.15) is 31.1 Å². The Kier molecular flexibility index (Phi) is 4.81. The maximum atomic E-state index is 12.4. The van der Waals surface area contributed by atoms with Gasteiger partial charge in [0.25, 0.3) is 0 Å². The predicted octanol–water partition coefficient (Wildman–Crippen LogP) is 0.897. The number of aromatic amines is 1. The molecule has 116 valence electrons. The van der Waals surface area contributed by atoms with Gasteiger partial charge < -0.3 is 9.88 Å². The Morgan fingerprint density at radius 2 is 2.24 bits per heavy atom. The molecule has 2 heterocycles. The molecule has 2 rings (SSSR count). The van der Waals surface area contributed by atoms with Crippen molar-refractivity contribution in [1.82, 2.24) is 24.8 Å². The summed E-state index contributed by atoms with van der Waals surface area (Å²) >= 11 is 0. The Morgan fingerprint density at radius 3 is 2.86 bits per heavy atom. The molecule has 0 saturated heterocycles. The van der Waals surface area contributed by atoms with E-state index in [1.165, 1.54) is 0 Å². The van der Waals surface area contributed by atoms with Crippen LogP contribution in [0.15, 0.2) is 29.6 Å². The van der Waals surface area contributed by atoms with Gasteiger partial charge in [0.1, 0.15) is 0 Å². The van der Waals surface area contributed by atoms with Gasteiger partial charge in [-0.25, -0.2) is 13.1 Å². The van der Waals surface area contributed by atoms with E-state index >= 15 is 0 Å². The zero-order valence-corrected chi connectivity index (χ0v) is 13.2. The van der Waals surface area contributed by atoms with Crippen molar-refractivity contribution in [2.45, 2.75) is 31.3 Å². The molecule has 7 nitrogen and oxygen atoms in total. The van der Waals surface area contributed by atoms with E-state index in [-0.39, 0.29) is 10.9 Å². The van der Waals surface area contributed by atoms with Crippen molar-refractivity contribution in [3.05, 3.63) is 35.9 Å². The standard InChI is InChI=1S/C13H21N5O2S/c1-4-14-8-12-5-13(9-18(12)3)21(19,20)17-10(2)11-6-15-16-7-11/h5-7,9-10,14,17H,4,8H2,1-3H3,(H,15,16). The molecule has 1 atom stereocenters. The summed E-state index contributed by atoms with van der Waals surface area (Å²) in [6.07, 6.45) is 4.90. The van der Waals surface area contributed by atoms with Crippen LogP contribution in [0, 0.1) is 0 Å². The number of sulfonamides is 1. The lowest BCUT2D eigenvalue weighted by Gasteiger charge is -2.11. The quantitative estimate of drug-likeness (QED) is 0.708. The highest BCUT2D eigenvalue weighted by atomic mass is 32.2. The molecule has 1 unspecified atom stereocenters. The van der Waals surface area contributed by atoms with Crippen LogP contribution < -0.4 is 10.0 Å². The van der Waals surface area contributed by atoms with Crippen molar-refractivity contribution in [2.24, 2.45) is 7.05 Å². The lowest BCUT2D eigenvalue weighted by atomic mass is 10.2. The van der Waals surface area contributed by atoms with Crippen LogP contribution in [0.3, 0.4) is 0 Å². The van der Waals surface area contributed by atoms with Crippen LogP contribution in [0.25, 0.3) is 0 Å². The molecular formula is C13H21N5O2S. The van der Waals surface area contributed by atoms with E-state index in [0.717, 1.165) is 17.8 Å². The maximum absolute atomic E-state index is 12.4. The van der Waals surface area contributed by atoms with Crippen molar-refractivity contribution in [2.75, 3.05) is 6.54 Å². The van der Waals surface area contributed by atoms with Crippen molar-refractivity contribution in [1.29, 1.82) is 0 Å². The molecule has 0 saturated carbocycles. The molecule has 8 heteroatoms. The van der Waals surface area contributed by atoms with E-state index in [1.807, 2.05) is 18.5 Å². The highest BCUT2D eigenvalue weighted by Crippen LogP contribution is 2.17. The fourth-order valence-corrected chi connectivity index (χ4v) is 3.35. The topological polar surface area (TPSA) is 91.8 Å². The third kappa shape index (κ3) is 3.72. The average Bonchev–Trinajstić information content (AvgIpc) is 3.05. The van der Waals surface area contributed by atoms with Gasteiger partial charge in [0, 0.05) is 43.3 Å². The molecule has 3 N–H and O–H groups in total. The highest BCUT2D eigenvalue weighted by Gasteiger charge is 2.21. The molecule has 0 radical (unpaired) electrons. The zero-order valence-electron chi connectivity index (χ0n) is 12.4. The van der Waals surface area contributed by atoms with Gasteiger partial charge in [0.15, 0.2) is 0 Å². The highest BCUT2D eigenvalue weighted by molar-refractivity contribution is 7.89. The Labute approximate surface area is 124 Å². The van der Waals surface area contributed by atoms with E-state index < -0.39 is 10.0 Å². The summed E-state index contributed by atoms with van der Waals surface area (Å²) in [5.41, 5.74) is 1.72. The minimum Gasteiger partial charge on any atom is -0.352 e. The van der Waals surface area contributed by atoms with Gasteiger partial charge in [-0.15, -0.1) is 0 Å². The van der Waals surface area contributed by atoms with Crippen molar-refractivity contribution in [3.8, 4) is 0 Å². The summed E-state index contributed by atoms with van der Waals surface area (Å²) < 4.78 is 29.3. The smallest absolute Gasteiger partial charge is 0.242 e. The molecule has 2 aromatic heterocycles. The molecule has 0 amide bonds. The SMILES string of the molecule is CCNCc1cc(S(=O)(=O)NC(C)c2cn[nH]c2)cn1C. The second-order valence-electron chi connectivity index (χ2n) is 4.93. The van der Waals surface area contributed by atoms with Gasteiger partial charge >= 0.3 is 0 Å². The van der Waals surface area contributed by atoms with Crippen LogP contribution in [0.4, 0.5) is 0 Å². The van der Waals surface area contributed by atoms with Crippen molar-refractivity contribution >= 4 is 10.0 Å². The largest absolute Gasteiger partial charge is 0.352 e. The molecule has 0 aliphatic carbocycles. The number of nitrogens with zero attached hydrogens (tertiary/aromatic N) is 2. The molecule has 0 fully saturated rings. The Morgan fingerprint density at radius 1 is 1.48 bits per heavy atom. The summed E-state index contributed by atoms with van der Waals surface area (Å²) in [5.74, 6) is 0. The lowest BCUT2D eigenvalue weighted by Crippen LogP contribution is -2.26. The normalized spacial score (nSPS) is 13.5. The van der Waals surface area contributed by atoms with Gasteiger partial charge in [-0.3, -0.25) is 5.10 Å². The number of nitrogens with one attached hydrogen (secondary N) is 3. The first-order chi connectivity index (χ1) is 9.94. The third-order valence-electron chi connectivity index (χ3n) is 3.30. The van der Waals surface area contributed by atoms with E-state index in [1.54, 1.807) is 31.6 Å². The first-order valence-electron chi connectivity index (χ1n) is 6.81.